The molecule has 0 spiro atoms. The molecular formula is C36H54AsN3. The summed E-state index contributed by atoms with van der Waals surface area (Å²) >= 11 is -1.88. The van der Waals surface area contributed by atoms with Crippen molar-refractivity contribution in [3.63, 3.8) is 0 Å². The third-order valence-corrected chi connectivity index (χ3v) is 12.5. The van der Waals surface area contributed by atoms with Crippen LogP contribution >= 0.6 is 0 Å². The molecule has 3 aromatic rings. The van der Waals surface area contributed by atoms with Gasteiger partial charge in [-0.1, -0.05) is 0 Å². The van der Waals surface area contributed by atoms with Gasteiger partial charge < -0.3 is 0 Å². The van der Waals surface area contributed by atoms with Crippen LogP contribution < -0.4 is 27.8 Å². The van der Waals surface area contributed by atoms with Crippen LogP contribution in [-0.2, 0) is 0 Å². The number of anilines is 3. The summed E-state index contributed by atoms with van der Waals surface area (Å²) in [5.41, 5.74) is 3.98. The van der Waals surface area contributed by atoms with E-state index >= 15 is 0 Å². The summed E-state index contributed by atoms with van der Waals surface area (Å²) in [6, 6.07) is 31.0. The van der Waals surface area contributed by atoms with Gasteiger partial charge in [-0.15, -0.1) is 0 Å². The Morgan fingerprint density at radius 1 is 0.375 bits per heavy atom. The first-order valence-electron chi connectivity index (χ1n) is 15.3. The fourth-order valence-corrected chi connectivity index (χ4v) is 11.4. The van der Waals surface area contributed by atoms with Gasteiger partial charge in [-0.2, -0.15) is 0 Å². The Bertz CT molecular complexity index is 1040. The molecular weight excluding hydrogens is 549 g/mol. The SMILES string of the molecule is CC(C)N(c1cccc([As](c2cccc(N(C(C)C)C(C)C)c2)c2cccc(N(C(C)C)C(C)C)c2)c1)C(C)C. The molecule has 218 valence electrons. The van der Waals surface area contributed by atoms with Crippen LogP contribution in [0.4, 0.5) is 17.1 Å². The summed E-state index contributed by atoms with van der Waals surface area (Å²) in [5, 5.41) is 0. The quantitative estimate of drug-likeness (QED) is 0.205. The van der Waals surface area contributed by atoms with Crippen molar-refractivity contribution in [3.05, 3.63) is 72.8 Å². The van der Waals surface area contributed by atoms with Crippen LogP contribution in [0.15, 0.2) is 72.8 Å². The standard InChI is InChI=1S/C36H54AsN3/c1-25(2)38(26(3)4)34-19-13-16-31(22-34)37(32-17-14-20-35(23-32)39(27(5)6)28(7)8)33-18-15-21-36(24-33)40(29(9)10)30(11)12/h13-30H,1-12H3. The second-order valence-electron chi connectivity index (χ2n) is 12.7. The van der Waals surface area contributed by atoms with Crippen molar-refractivity contribution in [1.29, 1.82) is 0 Å². The van der Waals surface area contributed by atoms with E-state index in [-0.39, 0.29) is 0 Å². The summed E-state index contributed by atoms with van der Waals surface area (Å²) in [7, 11) is 0. The Kier molecular flexibility index (Phi) is 11.2. The third-order valence-electron chi connectivity index (χ3n) is 7.50. The molecule has 0 radical (unpaired) electrons. The van der Waals surface area contributed by atoms with Crippen molar-refractivity contribution in [2.24, 2.45) is 0 Å². The topological polar surface area (TPSA) is 9.72 Å². The Morgan fingerprint density at radius 3 is 0.800 bits per heavy atom. The minimum atomic E-state index is -1.88. The molecule has 0 saturated heterocycles. The summed E-state index contributed by atoms with van der Waals surface area (Å²) < 4.78 is 4.44. The minimum absolute atomic E-state index is 0.444. The first-order chi connectivity index (χ1) is 18.8. The van der Waals surface area contributed by atoms with Gasteiger partial charge in [0, 0.05) is 0 Å². The van der Waals surface area contributed by atoms with E-state index in [2.05, 4.69) is 171 Å². The van der Waals surface area contributed by atoms with Gasteiger partial charge in [0.05, 0.1) is 0 Å². The van der Waals surface area contributed by atoms with Crippen LogP contribution in [-0.4, -0.2) is 50.9 Å². The van der Waals surface area contributed by atoms with Gasteiger partial charge in [-0.25, -0.2) is 0 Å². The maximum absolute atomic E-state index is 2.54. The molecule has 0 aliphatic rings. The molecule has 3 nitrogen and oxygen atoms in total. The maximum atomic E-state index is 2.54. The first-order valence-corrected chi connectivity index (χ1v) is 18.1. The predicted molar refractivity (Wildman–Crippen MR) is 182 cm³/mol. The fourth-order valence-electron chi connectivity index (χ4n) is 6.40. The van der Waals surface area contributed by atoms with Crippen LogP contribution in [0.1, 0.15) is 83.1 Å². The van der Waals surface area contributed by atoms with E-state index in [1.165, 1.54) is 30.1 Å². The molecule has 0 unspecified atom stereocenters. The van der Waals surface area contributed by atoms with Crippen LogP contribution in [0, 0.1) is 0 Å². The zero-order chi connectivity index (χ0) is 29.7. The van der Waals surface area contributed by atoms with Gasteiger partial charge in [-0.05, 0) is 0 Å². The van der Waals surface area contributed by atoms with Crippen molar-refractivity contribution >= 4 is 44.8 Å². The second kappa shape index (κ2) is 14.0. The average Bonchev–Trinajstić information content (AvgIpc) is 2.84. The molecule has 3 aromatic carbocycles. The Morgan fingerprint density at radius 2 is 0.600 bits per heavy atom. The van der Waals surface area contributed by atoms with E-state index in [0.717, 1.165) is 0 Å². The molecule has 0 fully saturated rings. The van der Waals surface area contributed by atoms with Crippen molar-refractivity contribution in [3.8, 4) is 0 Å². The number of benzene rings is 3. The summed E-state index contributed by atoms with van der Waals surface area (Å²) in [5.74, 6) is 0. The number of rotatable bonds is 12. The van der Waals surface area contributed by atoms with Gasteiger partial charge in [0.15, 0.2) is 0 Å². The molecule has 0 aliphatic carbocycles. The normalized spacial score (nSPS) is 12.1. The second-order valence-corrected chi connectivity index (χ2v) is 17.3. The Hall–Kier alpha value is -2.38. The summed E-state index contributed by atoms with van der Waals surface area (Å²) in [6.07, 6.45) is 0. The molecule has 0 bridgehead atoms. The Balaban J connectivity index is 2.26. The van der Waals surface area contributed by atoms with E-state index in [0.29, 0.717) is 36.3 Å². The zero-order valence-electron chi connectivity index (χ0n) is 27.2. The molecule has 0 atom stereocenters. The molecule has 3 rings (SSSR count). The number of nitrogens with zero attached hydrogens (tertiary/aromatic N) is 3. The predicted octanol–water partition coefficient (Wildman–Crippen LogP) is 7.07. The molecule has 0 aliphatic heterocycles. The van der Waals surface area contributed by atoms with Gasteiger partial charge in [0.1, 0.15) is 0 Å². The first kappa shape index (κ1) is 32.1. The van der Waals surface area contributed by atoms with Gasteiger partial charge in [-0.3, -0.25) is 0 Å². The monoisotopic (exact) mass is 603 g/mol. The average molecular weight is 604 g/mol. The molecule has 40 heavy (non-hydrogen) atoms. The van der Waals surface area contributed by atoms with Crippen molar-refractivity contribution in [2.75, 3.05) is 14.7 Å². The van der Waals surface area contributed by atoms with E-state index < -0.39 is 14.7 Å². The van der Waals surface area contributed by atoms with Crippen LogP contribution in [0.3, 0.4) is 0 Å². The van der Waals surface area contributed by atoms with Crippen LogP contribution in [0.25, 0.3) is 0 Å². The van der Waals surface area contributed by atoms with E-state index in [1.54, 1.807) is 0 Å². The van der Waals surface area contributed by atoms with Crippen molar-refractivity contribution < 1.29 is 0 Å². The number of hydrogen-bond acceptors (Lipinski definition) is 3. The van der Waals surface area contributed by atoms with Crippen molar-refractivity contribution in [1.82, 2.24) is 0 Å². The molecule has 4 heteroatoms. The third kappa shape index (κ3) is 7.47. The number of hydrogen-bond donors (Lipinski definition) is 0. The van der Waals surface area contributed by atoms with Gasteiger partial charge >= 0.3 is 252 Å². The van der Waals surface area contributed by atoms with E-state index in [9.17, 15) is 0 Å². The summed E-state index contributed by atoms with van der Waals surface area (Å²) in [6.45, 7) is 27.6. The van der Waals surface area contributed by atoms with Gasteiger partial charge in [0.25, 0.3) is 0 Å². The van der Waals surface area contributed by atoms with Crippen LogP contribution in [0.5, 0.6) is 0 Å². The van der Waals surface area contributed by atoms with Crippen LogP contribution in [0.2, 0.25) is 0 Å². The van der Waals surface area contributed by atoms with E-state index in [4.69, 9.17) is 0 Å². The van der Waals surface area contributed by atoms with E-state index in [1.807, 2.05) is 0 Å². The Labute approximate surface area is 250 Å². The molecule has 0 aromatic heterocycles. The zero-order valence-corrected chi connectivity index (χ0v) is 29.1. The van der Waals surface area contributed by atoms with Gasteiger partial charge in [0.2, 0.25) is 0 Å². The van der Waals surface area contributed by atoms with Crippen molar-refractivity contribution in [2.45, 2.75) is 119 Å². The molecule has 0 heterocycles. The molecule has 0 N–H and O–H groups in total. The molecule has 0 saturated carbocycles. The molecule has 0 amide bonds. The summed E-state index contributed by atoms with van der Waals surface area (Å²) in [4.78, 5) is 7.63. The fraction of sp³-hybridized carbons (Fsp3) is 0.500.